The van der Waals surface area contributed by atoms with Crippen LogP contribution in [-0.4, -0.2) is 32.9 Å². The molecule has 32 heavy (non-hydrogen) atoms. The molecule has 4 heterocycles. The number of ether oxygens (including phenoxy) is 1. The maximum atomic E-state index is 11.9. The van der Waals surface area contributed by atoms with E-state index in [4.69, 9.17) is 9.72 Å². The zero-order valence-corrected chi connectivity index (χ0v) is 18.7. The van der Waals surface area contributed by atoms with Gasteiger partial charge in [0.05, 0.1) is 10.7 Å². The Kier molecular flexibility index (Phi) is 6.37. The van der Waals surface area contributed by atoms with Crippen LogP contribution in [0.5, 0.6) is 10.8 Å². The average Bonchev–Trinajstić information content (AvgIpc) is 3.22. The van der Waals surface area contributed by atoms with Gasteiger partial charge in [-0.2, -0.15) is 0 Å². The van der Waals surface area contributed by atoms with Crippen LogP contribution in [0.3, 0.4) is 0 Å². The second kappa shape index (κ2) is 9.52. The van der Waals surface area contributed by atoms with E-state index >= 15 is 0 Å². The first-order chi connectivity index (χ1) is 15.6. The lowest BCUT2D eigenvalue weighted by molar-refractivity contribution is 0.0963. The van der Waals surface area contributed by atoms with Gasteiger partial charge >= 0.3 is 0 Å². The first kappa shape index (κ1) is 21.4. The quantitative estimate of drug-likeness (QED) is 0.422. The molecular formula is C23H22N6O2S. The van der Waals surface area contributed by atoms with Crippen LogP contribution in [0.2, 0.25) is 0 Å². The fourth-order valence-electron chi connectivity index (χ4n) is 2.97. The Labute approximate surface area is 189 Å². The number of carbonyl (C=O) groups excluding carboxylic acids is 1. The summed E-state index contributed by atoms with van der Waals surface area (Å²) < 4.78 is 6.20. The van der Waals surface area contributed by atoms with Gasteiger partial charge in [0.1, 0.15) is 23.1 Å². The first-order valence-corrected chi connectivity index (χ1v) is 10.9. The molecule has 0 bridgehead atoms. The number of nitrogens with zero attached hydrogens (tertiary/aromatic N) is 4. The molecule has 0 aromatic carbocycles. The largest absolute Gasteiger partial charge is 0.444 e. The molecule has 9 heteroatoms. The molecule has 0 aliphatic carbocycles. The van der Waals surface area contributed by atoms with Crippen molar-refractivity contribution in [3.8, 4) is 22.2 Å². The van der Waals surface area contributed by atoms with Crippen molar-refractivity contribution in [3.05, 3.63) is 71.1 Å². The van der Waals surface area contributed by atoms with Crippen molar-refractivity contribution < 1.29 is 9.53 Å². The number of carbonyl (C=O) groups is 1. The van der Waals surface area contributed by atoms with Gasteiger partial charge in [-0.15, -0.1) is 0 Å². The van der Waals surface area contributed by atoms with Crippen LogP contribution in [0.4, 0.5) is 11.6 Å². The molecule has 0 fully saturated rings. The molecule has 0 aliphatic heterocycles. The summed E-state index contributed by atoms with van der Waals surface area (Å²) in [6, 6.07) is 12.7. The molecule has 8 nitrogen and oxygen atoms in total. The maximum Gasteiger partial charge on any atom is 0.251 e. The number of hydrogen-bond acceptors (Lipinski definition) is 8. The van der Waals surface area contributed by atoms with Gasteiger partial charge in [-0.1, -0.05) is 24.3 Å². The Morgan fingerprint density at radius 2 is 1.84 bits per heavy atom. The number of anilines is 2. The third-order valence-electron chi connectivity index (χ3n) is 4.52. The van der Waals surface area contributed by atoms with Crippen molar-refractivity contribution in [3.63, 3.8) is 0 Å². The van der Waals surface area contributed by atoms with Gasteiger partial charge < -0.3 is 15.4 Å². The summed E-state index contributed by atoms with van der Waals surface area (Å²) >= 11 is 1.50. The van der Waals surface area contributed by atoms with Crippen LogP contribution in [0, 0.1) is 6.92 Å². The van der Waals surface area contributed by atoms with Crippen LogP contribution in [-0.2, 0) is 6.42 Å². The lowest BCUT2D eigenvalue weighted by Crippen LogP contribution is -2.17. The monoisotopic (exact) mass is 446 g/mol. The van der Waals surface area contributed by atoms with Crippen LogP contribution < -0.4 is 15.4 Å². The standard InChI is InChI=1S/C23H22N6O2S/c1-4-20-29-21(17-7-5-6-14(2)27-17)23(32-20)31-16-9-11-26-19(13-16)28-18-12-15(8-10-25-18)22(30)24-3/h5-13H,4H2,1-3H3,(H,24,30)(H,25,26,28). The van der Waals surface area contributed by atoms with E-state index in [2.05, 4.69) is 32.5 Å². The van der Waals surface area contributed by atoms with Crippen molar-refractivity contribution in [1.29, 1.82) is 0 Å². The fraction of sp³-hybridized carbons (Fsp3) is 0.174. The molecule has 4 aromatic rings. The van der Waals surface area contributed by atoms with Crippen LogP contribution in [0.15, 0.2) is 54.9 Å². The highest BCUT2D eigenvalue weighted by atomic mass is 32.1. The summed E-state index contributed by atoms with van der Waals surface area (Å²) in [5.41, 5.74) is 2.92. The van der Waals surface area contributed by atoms with Gasteiger partial charge in [0.15, 0.2) is 0 Å². The Balaban J connectivity index is 1.59. The summed E-state index contributed by atoms with van der Waals surface area (Å²) in [5.74, 6) is 1.46. The minimum atomic E-state index is -0.185. The van der Waals surface area contributed by atoms with E-state index < -0.39 is 0 Å². The zero-order chi connectivity index (χ0) is 22.5. The maximum absolute atomic E-state index is 11.9. The van der Waals surface area contributed by atoms with Crippen LogP contribution >= 0.6 is 11.3 Å². The lowest BCUT2D eigenvalue weighted by atomic mass is 10.2. The van der Waals surface area contributed by atoms with E-state index in [0.717, 1.165) is 28.5 Å². The molecule has 0 saturated carbocycles. The number of pyridine rings is 3. The van der Waals surface area contributed by atoms with Gasteiger partial charge in [-0.3, -0.25) is 9.78 Å². The minimum absolute atomic E-state index is 0.185. The molecule has 162 valence electrons. The number of thiazole rings is 1. The van der Waals surface area contributed by atoms with Gasteiger partial charge in [-0.05, 0) is 43.7 Å². The molecule has 0 saturated heterocycles. The summed E-state index contributed by atoms with van der Waals surface area (Å²) in [6.07, 6.45) is 4.02. The topological polar surface area (TPSA) is 102 Å². The van der Waals surface area contributed by atoms with E-state index in [0.29, 0.717) is 28.0 Å². The van der Waals surface area contributed by atoms with E-state index in [-0.39, 0.29) is 5.91 Å². The Morgan fingerprint density at radius 3 is 2.59 bits per heavy atom. The highest BCUT2D eigenvalue weighted by Crippen LogP contribution is 2.38. The predicted octanol–water partition coefficient (Wildman–Crippen LogP) is 4.76. The van der Waals surface area contributed by atoms with Crippen molar-refractivity contribution in [2.24, 2.45) is 0 Å². The zero-order valence-electron chi connectivity index (χ0n) is 17.9. The average molecular weight is 447 g/mol. The molecule has 1 amide bonds. The van der Waals surface area contributed by atoms with Crippen molar-refractivity contribution >= 4 is 28.9 Å². The highest BCUT2D eigenvalue weighted by molar-refractivity contribution is 7.14. The predicted molar refractivity (Wildman–Crippen MR) is 125 cm³/mol. The molecule has 0 aliphatic rings. The summed E-state index contributed by atoms with van der Waals surface area (Å²) in [7, 11) is 1.59. The number of amides is 1. The molecule has 4 aromatic heterocycles. The number of aryl methyl sites for hydroxylation is 2. The van der Waals surface area contributed by atoms with E-state index in [9.17, 15) is 4.79 Å². The first-order valence-electron chi connectivity index (χ1n) is 10.1. The third-order valence-corrected chi connectivity index (χ3v) is 5.60. The van der Waals surface area contributed by atoms with Gasteiger partial charge in [-0.25, -0.2) is 15.0 Å². The highest BCUT2D eigenvalue weighted by Gasteiger charge is 2.16. The van der Waals surface area contributed by atoms with Gasteiger partial charge in [0.25, 0.3) is 5.91 Å². The van der Waals surface area contributed by atoms with E-state index in [1.54, 1.807) is 43.7 Å². The third kappa shape index (κ3) is 4.89. The Hall–Kier alpha value is -3.85. The smallest absolute Gasteiger partial charge is 0.251 e. The SMILES string of the molecule is CCc1nc(-c2cccc(C)n2)c(Oc2ccnc(Nc3cc(C(=O)NC)ccn3)c2)s1. The second-order valence-corrected chi connectivity index (χ2v) is 7.92. The Morgan fingerprint density at radius 1 is 1.06 bits per heavy atom. The lowest BCUT2D eigenvalue weighted by Gasteiger charge is -2.09. The number of rotatable bonds is 7. The number of aromatic nitrogens is 4. The van der Waals surface area contributed by atoms with Gasteiger partial charge in [0, 0.05) is 36.8 Å². The number of hydrogen-bond donors (Lipinski definition) is 2. The fourth-order valence-corrected chi connectivity index (χ4v) is 3.85. The summed E-state index contributed by atoms with van der Waals surface area (Å²) in [4.78, 5) is 29.7. The molecule has 0 unspecified atom stereocenters. The van der Waals surface area contributed by atoms with Crippen molar-refractivity contribution in [2.75, 3.05) is 12.4 Å². The van der Waals surface area contributed by atoms with Crippen LogP contribution in [0.1, 0.15) is 28.0 Å². The normalized spacial score (nSPS) is 10.6. The van der Waals surface area contributed by atoms with E-state index in [1.807, 2.05) is 25.1 Å². The van der Waals surface area contributed by atoms with Crippen LogP contribution in [0.25, 0.3) is 11.4 Å². The second-order valence-electron chi connectivity index (χ2n) is 6.87. The van der Waals surface area contributed by atoms with Gasteiger partial charge in [0.2, 0.25) is 5.06 Å². The molecule has 4 rings (SSSR count). The van der Waals surface area contributed by atoms with E-state index in [1.165, 1.54) is 11.3 Å². The molecule has 0 radical (unpaired) electrons. The Bertz CT molecular complexity index is 1260. The minimum Gasteiger partial charge on any atom is -0.444 e. The molecular weight excluding hydrogens is 424 g/mol. The summed E-state index contributed by atoms with van der Waals surface area (Å²) in [5, 5.41) is 7.36. The van der Waals surface area contributed by atoms with Crippen molar-refractivity contribution in [2.45, 2.75) is 20.3 Å². The van der Waals surface area contributed by atoms with Crippen molar-refractivity contribution in [1.82, 2.24) is 25.3 Å². The number of nitrogens with one attached hydrogen (secondary N) is 2. The molecule has 0 spiro atoms. The summed E-state index contributed by atoms with van der Waals surface area (Å²) in [6.45, 7) is 4.01. The molecule has 0 atom stereocenters. The molecule has 2 N–H and O–H groups in total.